The molecule has 0 heterocycles. The van der Waals surface area contributed by atoms with Gasteiger partial charge in [0, 0.05) is 19.0 Å². The van der Waals surface area contributed by atoms with Gasteiger partial charge in [0.2, 0.25) is 0 Å². The minimum Gasteiger partial charge on any atom is -0.400 e. The molecule has 1 rings (SSSR count). The van der Waals surface area contributed by atoms with E-state index in [1.807, 2.05) is 25.1 Å². The summed E-state index contributed by atoms with van der Waals surface area (Å²) in [6.07, 6.45) is 1.79. The molecule has 16 heavy (non-hydrogen) atoms. The van der Waals surface area contributed by atoms with E-state index in [9.17, 15) is 0 Å². The Morgan fingerprint density at radius 2 is 2.06 bits per heavy atom. The first-order chi connectivity index (χ1) is 7.74. The topological polar surface area (TPSA) is 47.6 Å². The molecule has 0 fully saturated rings. The average molecular weight is 218 g/mol. The highest BCUT2D eigenvalue weighted by atomic mass is 16.5. The second kappa shape index (κ2) is 6.80. The normalized spacial score (nSPS) is 12.9. The van der Waals surface area contributed by atoms with Crippen molar-refractivity contribution >= 4 is 6.21 Å². The number of nitrogens with two attached hydrogens (primary N) is 1. The standard InChI is InChI=1S/C13H18N2O/c1-11(13(14)10-16-2)8-15-9-12-6-4-3-5-7-12/h3-8H,9-10,14H2,1-2H3. The van der Waals surface area contributed by atoms with E-state index in [-0.39, 0.29) is 0 Å². The lowest BCUT2D eigenvalue weighted by molar-refractivity contribution is 0.224. The molecule has 0 aromatic heterocycles. The van der Waals surface area contributed by atoms with Crippen molar-refractivity contribution in [3.8, 4) is 0 Å². The molecule has 3 heteroatoms. The summed E-state index contributed by atoms with van der Waals surface area (Å²) in [7, 11) is 1.63. The van der Waals surface area contributed by atoms with E-state index in [1.165, 1.54) is 5.56 Å². The van der Waals surface area contributed by atoms with Crippen LogP contribution in [-0.2, 0) is 11.3 Å². The quantitative estimate of drug-likeness (QED) is 0.770. The lowest BCUT2D eigenvalue weighted by Gasteiger charge is -2.01. The van der Waals surface area contributed by atoms with Crippen molar-refractivity contribution in [3.05, 3.63) is 47.2 Å². The number of ether oxygens (including phenoxy) is 1. The minimum atomic E-state index is 0.448. The van der Waals surface area contributed by atoms with Gasteiger partial charge in [-0.15, -0.1) is 0 Å². The predicted molar refractivity (Wildman–Crippen MR) is 67.4 cm³/mol. The smallest absolute Gasteiger partial charge is 0.0859 e. The van der Waals surface area contributed by atoms with E-state index in [2.05, 4.69) is 17.1 Å². The molecule has 0 aliphatic heterocycles. The van der Waals surface area contributed by atoms with Crippen molar-refractivity contribution in [1.82, 2.24) is 0 Å². The fourth-order valence-electron chi connectivity index (χ4n) is 1.22. The third-order valence-electron chi connectivity index (χ3n) is 2.21. The van der Waals surface area contributed by atoms with Gasteiger partial charge in [-0.2, -0.15) is 0 Å². The van der Waals surface area contributed by atoms with Gasteiger partial charge in [0.1, 0.15) is 0 Å². The summed E-state index contributed by atoms with van der Waals surface area (Å²) in [5, 5.41) is 0. The second-order valence-corrected chi connectivity index (χ2v) is 3.60. The fourth-order valence-corrected chi connectivity index (χ4v) is 1.22. The summed E-state index contributed by atoms with van der Waals surface area (Å²) in [4.78, 5) is 4.33. The van der Waals surface area contributed by atoms with E-state index in [0.29, 0.717) is 13.2 Å². The van der Waals surface area contributed by atoms with Crippen molar-refractivity contribution in [3.63, 3.8) is 0 Å². The number of allylic oxidation sites excluding steroid dienone is 1. The maximum atomic E-state index is 5.77. The molecule has 1 aromatic carbocycles. The van der Waals surface area contributed by atoms with Crippen LogP contribution in [0.4, 0.5) is 0 Å². The molecular weight excluding hydrogens is 200 g/mol. The average Bonchev–Trinajstić information content (AvgIpc) is 2.30. The molecule has 0 bridgehead atoms. The summed E-state index contributed by atoms with van der Waals surface area (Å²) in [5.74, 6) is 0. The molecule has 1 aromatic rings. The van der Waals surface area contributed by atoms with Crippen LogP contribution in [0, 0.1) is 0 Å². The molecule has 3 nitrogen and oxygen atoms in total. The Bertz CT molecular complexity index is 369. The van der Waals surface area contributed by atoms with Gasteiger partial charge in [-0.3, -0.25) is 4.99 Å². The van der Waals surface area contributed by atoms with Crippen molar-refractivity contribution in [2.45, 2.75) is 13.5 Å². The Morgan fingerprint density at radius 3 is 2.69 bits per heavy atom. The molecule has 86 valence electrons. The summed E-state index contributed by atoms with van der Waals surface area (Å²) in [6.45, 7) is 3.06. The third kappa shape index (κ3) is 4.28. The molecule has 0 spiro atoms. The van der Waals surface area contributed by atoms with Gasteiger partial charge in [0.05, 0.1) is 13.2 Å². The van der Waals surface area contributed by atoms with Gasteiger partial charge < -0.3 is 10.5 Å². The van der Waals surface area contributed by atoms with Crippen molar-refractivity contribution in [2.24, 2.45) is 10.7 Å². The molecule has 0 aliphatic rings. The van der Waals surface area contributed by atoms with Crippen LogP contribution in [0.3, 0.4) is 0 Å². The van der Waals surface area contributed by atoms with E-state index in [0.717, 1.165) is 11.3 Å². The van der Waals surface area contributed by atoms with Crippen LogP contribution < -0.4 is 5.73 Å². The van der Waals surface area contributed by atoms with Crippen LogP contribution in [0.25, 0.3) is 0 Å². The third-order valence-corrected chi connectivity index (χ3v) is 2.21. The Kier molecular flexibility index (Phi) is 5.29. The number of methoxy groups -OCH3 is 1. The van der Waals surface area contributed by atoms with E-state index in [4.69, 9.17) is 10.5 Å². The van der Waals surface area contributed by atoms with Crippen LogP contribution in [0.2, 0.25) is 0 Å². The molecular formula is C13H18N2O. The van der Waals surface area contributed by atoms with Gasteiger partial charge in [-0.25, -0.2) is 0 Å². The van der Waals surface area contributed by atoms with Crippen molar-refractivity contribution in [1.29, 1.82) is 0 Å². The van der Waals surface area contributed by atoms with E-state index >= 15 is 0 Å². The van der Waals surface area contributed by atoms with Gasteiger partial charge >= 0.3 is 0 Å². The molecule has 2 N–H and O–H groups in total. The summed E-state index contributed by atoms with van der Waals surface area (Å²) < 4.78 is 4.94. The van der Waals surface area contributed by atoms with Crippen LogP contribution in [0.5, 0.6) is 0 Å². The SMILES string of the molecule is COCC(N)=C(C)C=NCc1ccccc1. The van der Waals surface area contributed by atoms with E-state index in [1.54, 1.807) is 13.3 Å². The highest BCUT2D eigenvalue weighted by Gasteiger charge is 1.94. The highest BCUT2D eigenvalue weighted by molar-refractivity contribution is 5.78. The number of benzene rings is 1. The summed E-state index contributed by atoms with van der Waals surface area (Å²) in [6, 6.07) is 10.1. The summed E-state index contributed by atoms with van der Waals surface area (Å²) >= 11 is 0. The molecule has 0 atom stereocenters. The maximum absolute atomic E-state index is 5.77. The van der Waals surface area contributed by atoms with Crippen LogP contribution >= 0.6 is 0 Å². The molecule has 0 amide bonds. The molecule has 0 aliphatic carbocycles. The number of rotatable bonds is 5. The van der Waals surface area contributed by atoms with Crippen LogP contribution in [0.15, 0.2) is 46.6 Å². The predicted octanol–water partition coefficient (Wildman–Crippen LogP) is 2.14. The van der Waals surface area contributed by atoms with E-state index < -0.39 is 0 Å². The molecule has 0 saturated heterocycles. The Hall–Kier alpha value is -1.61. The zero-order valence-electron chi connectivity index (χ0n) is 9.81. The fraction of sp³-hybridized carbons (Fsp3) is 0.308. The lowest BCUT2D eigenvalue weighted by Crippen LogP contribution is -2.08. The Balaban J connectivity index is 2.52. The second-order valence-electron chi connectivity index (χ2n) is 3.60. The van der Waals surface area contributed by atoms with Gasteiger partial charge in [-0.1, -0.05) is 30.3 Å². The Morgan fingerprint density at radius 1 is 1.38 bits per heavy atom. The first-order valence-electron chi connectivity index (χ1n) is 5.22. The first-order valence-corrected chi connectivity index (χ1v) is 5.22. The molecule has 0 unspecified atom stereocenters. The van der Waals surface area contributed by atoms with Crippen LogP contribution in [0.1, 0.15) is 12.5 Å². The maximum Gasteiger partial charge on any atom is 0.0859 e. The zero-order valence-corrected chi connectivity index (χ0v) is 9.81. The molecule has 0 saturated carbocycles. The first kappa shape index (κ1) is 12.5. The zero-order chi connectivity index (χ0) is 11.8. The lowest BCUT2D eigenvalue weighted by atomic mass is 10.2. The van der Waals surface area contributed by atoms with Gasteiger partial charge in [0.25, 0.3) is 0 Å². The van der Waals surface area contributed by atoms with Gasteiger partial charge in [-0.05, 0) is 18.1 Å². The number of nitrogens with zero attached hydrogens (tertiary/aromatic N) is 1. The van der Waals surface area contributed by atoms with Gasteiger partial charge in [0.15, 0.2) is 0 Å². The highest BCUT2D eigenvalue weighted by Crippen LogP contribution is 2.01. The van der Waals surface area contributed by atoms with Crippen molar-refractivity contribution < 1.29 is 4.74 Å². The van der Waals surface area contributed by atoms with Crippen molar-refractivity contribution in [2.75, 3.05) is 13.7 Å². The minimum absolute atomic E-state index is 0.448. The largest absolute Gasteiger partial charge is 0.400 e. The molecule has 0 radical (unpaired) electrons. The number of hydrogen-bond donors (Lipinski definition) is 1. The number of aliphatic imine (C=N–C) groups is 1. The monoisotopic (exact) mass is 218 g/mol. The summed E-state index contributed by atoms with van der Waals surface area (Å²) in [5.41, 5.74) is 8.64. The van der Waals surface area contributed by atoms with Crippen LogP contribution in [-0.4, -0.2) is 19.9 Å². The number of hydrogen-bond acceptors (Lipinski definition) is 3. The Labute approximate surface area is 96.6 Å².